The van der Waals surface area contributed by atoms with Crippen molar-refractivity contribution in [3.8, 4) is 5.75 Å². The van der Waals surface area contributed by atoms with E-state index in [9.17, 15) is 14.0 Å². The molecule has 0 aliphatic carbocycles. The second kappa shape index (κ2) is 10.8. The summed E-state index contributed by atoms with van der Waals surface area (Å²) in [5.41, 5.74) is 0.457. The second-order valence-electron chi connectivity index (χ2n) is 5.29. The van der Waals surface area contributed by atoms with E-state index >= 15 is 0 Å². The summed E-state index contributed by atoms with van der Waals surface area (Å²) < 4.78 is 23.3. The first-order valence-corrected chi connectivity index (χ1v) is 9.97. The molecule has 1 heterocycles. The van der Waals surface area contributed by atoms with Gasteiger partial charge in [-0.05, 0) is 29.1 Å². The van der Waals surface area contributed by atoms with Crippen LogP contribution in [0.1, 0.15) is 10.4 Å². The van der Waals surface area contributed by atoms with Crippen molar-refractivity contribution in [2.24, 2.45) is 0 Å². The van der Waals surface area contributed by atoms with Crippen LogP contribution < -0.4 is 10.1 Å². The van der Waals surface area contributed by atoms with Gasteiger partial charge in [0.15, 0.2) is 18.2 Å². The number of nitrogens with one attached hydrogen (secondary N) is 1. The highest BCUT2D eigenvalue weighted by Gasteiger charge is 2.10. The van der Waals surface area contributed by atoms with E-state index in [1.54, 1.807) is 29.2 Å². The third-order valence-electron chi connectivity index (χ3n) is 3.32. The van der Waals surface area contributed by atoms with Crippen molar-refractivity contribution in [1.82, 2.24) is 5.32 Å². The number of hydrogen-bond acceptors (Lipinski definition) is 6. The zero-order valence-electron chi connectivity index (χ0n) is 14.3. The molecule has 8 heteroatoms. The lowest BCUT2D eigenvalue weighted by Crippen LogP contribution is -2.30. The number of methoxy groups -OCH3 is 1. The minimum Gasteiger partial charge on any atom is -0.494 e. The molecule has 0 bridgehead atoms. The Kier molecular flexibility index (Phi) is 8.43. The van der Waals surface area contributed by atoms with E-state index < -0.39 is 11.8 Å². The quantitative estimate of drug-likeness (QED) is 0.493. The van der Waals surface area contributed by atoms with Gasteiger partial charge in [0.25, 0.3) is 5.91 Å². The van der Waals surface area contributed by atoms with Crippen LogP contribution in [0.25, 0.3) is 0 Å². The van der Waals surface area contributed by atoms with Crippen LogP contribution in [0.15, 0.2) is 35.7 Å². The summed E-state index contributed by atoms with van der Waals surface area (Å²) in [6.45, 7) is 0.170. The van der Waals surface area contributed by atoms with Gasteiger partial charge in [-0.25, -0.2) is 4.39 Å². The average Bonchev–Trinajstić information content (AvgIpc) is 3.13. The van der Waals surface area contributed by atoms with Gasteiger partial charge in [-0.1, -0.05) is 12.1 Å². The minimum atomic E-state index is -0.586. The van der Waals surface area contributed by atoms with Crippen LogP contribution in [0.2, 0.25) is 0 Å². The number of thiophene rings is 1. The van der Waals surface area contributed by atoms with Gasteiger partial charge in [-0.2, -0.15) is 11.8 Å². The lowest BCUT2D eigenvalue weighted by molar-refractivity contribution is -0.147. The molecule has 2 aromatic rings. The number of benzene rings is 1. The number of hydrogen-bond donors (Lipinski definition) is 1. The molecule has 0 fully saturated rings. The van der Waals surface area contributed by atoms with Crippen molar-refractivity contribution in [3.63, 3.8) is 0 Å². The Bertz CT molecular complexity index is 722. The highest BCUT2D eigenvalue weighted by Crippen LogP contribution is 2.18. The number of esters is 1. The standard InChI is InChI=1S/C18H20FNO4S2/c1-23-16-5-4-13(9-15(16)19)10-18(22)24-11-17(21)20-6-8-25-12-14-3-2-7-26-14/h2-5,7,9H,6,8,10-12H2,1H3,(H,20,21). The molecule has 140 valence electrons. The first kappa shape index (κ1) is 20.3. The molecular weight excluding hydrogens is 377 g/mol. The number of carbonyl (C=O) groups is 2. The van der Waals surface area contributed by atoms with Crippen molar-refractivity contribution >= 4 is 35.0 Å². The summed E-state index contributed by atoms with van der Waals surface area (Å²) in [7, 11) is 1.37. The van der Waals surface area contributed by atoms with Crippen LogP contribution in [0.4, 0.5) is 4.39 Å². The summed E-state index contributed by atoms with van der Waals surface area (Å²) in [6.07, 6.45) is -0.106. The summed E-state index contributed by atoms with van der Waals surface area (Å²) in [5.74, 6) is 0.325. The summed E-state index contributed by atoms with van der Waals surface area (Å²) in [6, 6.07) is 8.32. The van der Waals surface area contributed by atoms with Crippen molar-refractivity contribution in [2.45, 2.75) is 12.2 Å². The van der Waals surface area contributed by atoms with E-state index in [2.05, 4.69) is 11.4 Å². The normalized spacial score (nSPS) is 10.4. The predicted octanol–water partition coefficient (Wildman–Crippen LogP) is 3.03. The van der Waals surface area contributed by atoms with E-state index in [4.69, 9.17) is 9.47 Å². The molecule has 0 saturated carbocycles. The van der Waals surface area contributed by atoms with Gasteiger partial charge in [0.05, 0.1) is 13.5 Å². The Hall–Kier alpha value is -2.06. The Labute approximate surface area is 159 Å². The molecule has 1 amide bonds. The first-order valence-electron chi connectivity index (χ1n) is 7.93. The zero-order chi connectivity index (χ0) is 18.8. The maximum Gasteiger partial charge on any atom is 0.310 e. The predicted molar refractivity (Wildman–Crippen MR) is 101 cm³/mol. The highest BCUT2D eigenvalue weighted by atomic mass is 32.2. The van der Waals surface area contributed by atoms with Gasteiger partial charge in [0, 0.05) is 22.9 Å². The summed E-state index contributed by atoms with van der Waals surface area (Å²) in [5, 5.41) is 4.73. The van der Waals surface area contributed by atoms with Crippen molar-refractivity contribution < 1.29 is 23.5 Å². The maximum absolute atomic E-state index is 13.6. The van der Waals surface area contributed by atoms with Gasteiger partial charge in [0.1, 0.15) is 0 Å². The molecule has 2 rings (SSSR count). The lowest BCUT2D eigenvalue weighted by atomic mass is 10.1. The van der Waals surface area contributed by atoms with Crippen LogP contribution in [0.3, 0.4) is 0 Å². The third kappa shape index (κ3) is 7.05. The van der Waals surface area contributed by atoms with E-state index in [0.29, 0.717) is 12.1 Å². The van der Waals surface area contributed by atoms with Gasteiger partial charge < -0.3 is 14.8 Å². The van der Waals surface area contributed by atoms with Crippen molar-refractivity contribution in [3.05, 3.63) is 52.0 Å². The smallest absolute Gasteiger partial charge is 0.310 e. The molecule has 26 heavy (non-hydrogen) atoms. The lowest BCUT2D eigenvalue weighted by Gasteiger charge is -2.07. The fraction of sp³-hybridized carbons (Fsp3) is 0.333. The van der Waals surface area contributed by atoms with Crippen LogP contribution in [0, 0.1) is 5.82 Å². The first-order chi connectivity index (χ1) is 12.6. The molecule has 1 N–H and O–H groups in total. The van der Waals surface area contributed by atoms with Crippen molar-refractivity contribution in [1.29, 1.82) is 0 Å². The molecule has 1 aromatic carbocycles. The second-order valence-corrected chi connectivity index (χ2v) is 7.43. The van der Waals surface area contributed by atoms with Gasteiger partial charge in [-0.15, -0.1) is 11.3 Å². The monoisotopic (exact) mass is 397 g/mol. The number of amides is 1. The van der Waals surface area contributed by atoms with Gasteiger partial charge in [-0.3, -0.25) is 9.59 Å². The fourth-order valence-electron chi connectivity index (χ4n) is 2.06. The van der Waals surface area contributed by atoms with E-state index in [-0.39, 0.29) is 24.7 Å². The topological polar surface area (TPSA) is 64.6 Å². The van der Waals surface area contributed by atoms with Crippen molar-refractivity contribution in [2.75, 3.05) is 26.0 Å². The van der Waals surface area contributed by atoms with Gasteiger partial charge >= 0.3 is 5.97 Å². The van der Waals surface area contributed by atoms with E-state index in [1.165, 1.54) is 24.1 Å². The molecule has 0 aliphatic rings. The fourth-order valence-corrected chi connectivity index (χ4v) is 3.76. The number of ether oxygens (including phenoxy) is 2. The Morgan fingerprint density at radius 1 is 1.31 bits per heavy atom. The Morgan fingerprint density at radius 3 is 2.85 bits per heavy atom. The highest BCUT2D eigenvalue weighted by molar-refractivity contribution is 7.98. The molecule has 0 aliphatic heterocycles. The Balaban J connectivity index is 1.59. The van der Waals surface area contributed by atoms with E-state index in [1.807, 2.05) is 11.4 Å². The molecule has 0 spiro atoms. The minimum absolute atomic E-state index is 0.106. The molecule has 0 radical (unpaired) electrons. The molecule has 5 nitrogen and oxygen atoms in total. The van der Waals surface area contributed by atoms with Gasteiger partial charge in [0.2, 0.25) is 0 Å². The zero-order valence-corrected chi connectivity index (χ0v) is 16.0. The maximum atomic E-state index is 13.6. The molecule has 0 unspecified atom stereocenters. The molecule has 0 saturated heterocycles. The summed E-state index contributed by atoms with van der Waals surface area (Å²) in [4.78, 5) is 24.7. The van der Waals surface area contributed by atoms with Crippen LogP contribution in [-0.2, 0) is 26.5 Å². The largest absolute Gasteiger partial charge is 0.494 e. The van der Waals surface area contributed by atoms with E-state index in [0.717, 1.165) is 11.5 Å². The number of halogens is 1. The van der Waals surface area contributed by atoms with Crippen LogP contribution >= 0.6 is 23.1 Å². The molecule has 0 atom stereocenters. The number of thioether (sulfide) groups is 1. The third-order valence-corrected chi connectivity index (χ3v) is 5.39. The average molecular weight is 397 g/mol. The van der Waals surface area contributed by atoms with Crippen LogP contribution in [-0.4, -0.2) is 37.9 Å². The number of carbonyl (C=O) groups excluding carboxylic acids is 2. The molecule has 1 aromatic heterocycles. The number of rotatable bonds is 10. The molecular formula is C18H20FNO4S2. The Morgan fingerprint density at radius 2 is 2.15 bits per heavy atom. The summed E-state index contributed by atoms with van der Waals surface area (Å²) >= 11 is 3.43. The van der Waals surface area contributed by atoms with Crippen LogP contribution in [0.5, 0.6) is 5.75 Å². The SMILES string of the molecule is COc1ccc(CC(=O)OCC(=O)NCCSCc2cccs2)cc1F.